The summed E-state index contributed by atoms with van der Waals surface area (Å²) in [5.41, 5.74) is 0.807. The molecule has 96 valence electrons. The maximum atomic E-state index is 12.3. The van der Waals surface area contributed by atoms with Gasteiger partial charge in [0.05, 0.1) is 17.8 Å². The van der Waals surface area contributed by atoms with Crippen molar-refractivity contribution in [1.29, 1.82) is 10.5 Å². The van der Waals surface area contributed by atoms with Crippen molar-refractivity contribution in [3.63, 3.8) is 0 Å². The Morgan fingerprint density at radius 3 is 2.42 bits per heavy atom. The van der Waals surface area contributed by atoms with Gasteiger partial charge in [-0.15, -0.1) is 11.8 Å². The van der Waals surface area contributed by atoms with Gasteiger partial charge in [0.2, 0.25) is 5.91 Å². The van der Waals surface area contributed by atoms with Crippen molar-refractivity contribution in [3.8, 4) is 12.1 Å². The van der Waals surface area contributed by atoms with Crippen LogP contribution in [0.4, 0.5) is 5.69 Å². The Bertz CT molecular complexity index is 553. The number of nitriles is 2. The van der Waals surface area contributed by atoms with Gasteiger partial charge in [0.15, 0.2) is 0 Å². The molecule has 0 aromatic heterocycles. The van der Waals surface area contributed by atoms with Crippen LogP contribution in [-0.2, 0) is 4.79 Å². The van der Waals surface area contributed by atoms with Gasteiger partial charge in [0.25, 0.3) is 0 Å². The zero-order valence-electron chi connectivity index (χ0n) is 10.3. The molecule has 0 aliphatic carbocycles. The monoisotopic (exact) mass is 271 g/mol. The molecule has 0 saturated heterocycles. The maximum absolute atomic E-state index is 12.3. The normalized spacial score (nSPS) is 15.8. The number of hydrogen-bond acceptors (Lipinski definition) is 4. The van der Waals surface area contributed by atoms with Crippen molar-refractivity contribution < 1.29 is 4.79 Å². The zero-order valence-corrected chi connectivity index (χ0v) is 11.2. The van der Waals surface area contributed by atoms with E-state index in [1.807, 2.05) is 24.3 Å². The molecule has 0 atom stereocenters. The standard InChI is InChI=1S/C14H13N3OS/c15-9-3-7-14(8-4-10-16)13(18)17-11-5-1-2-6-12(11)19-14/h1-2,5-6H,3-4,7-8H2,(H,17,18). The Balaban J connectivity index is 2.31. The molecule has 0 saturated carbocycles. The number of thioether (sulfide) groups is 1. The van der Waals surface area contributed by atoms with E-state index in [4.69, 9.17) is 10.5 Å². The van der Waals surface area contributed by atoms with Crippen LogP contribution in [0, 0.1) is 22.7 Å². The van der Waals surface area contributed by atoms with Gasteiger partial charge >= 0.3 is 0 Å². The van der Waals surface area contributed by atoms with E-state index in [2.05, 4.69) is 17.5 Å². The molecule has 0 radical (unpaired) electrons. The summed E-state index contributed by atoms with van der Waals surface area (Å²) in [6.07, 6.45) is 1.56. The van der Waals surface area contributed by atoms with Gasteiger partial charge in [0, 0.05) is 17.7 Å². The van der Waals surface area contributed by atoms with Crippen LogP contribution in [0.5, 0.6) is 0 Å². The summed E-state index contributed by atoms with van der Waals surface area (Å²) in [6, 6.07) is 11.8. The number of amides is 1. The smallest absolute Gasteiger partial charge is 0.241 e. The van der Waals surface area contributed by atoms with E-state index < -0.39 is 4.75 Å². The fourth-order valence-electron chi connectivity index (χ4n) is 2.12. The number of carbonyl (C=O) groups excluding carboxylic acids is 1. The number of benzene rings is 1. The van der Waals surface area contributed by atoms with Crippen molar-refractivity contribution >= 4 is 23.4 Å². The molecule has 0 unspecified atom stereocenters. The molecule has 0 spiro atoms. The van der Waals surface area contributed by atoms with Crippen molar-refractivity contribution in [1.82, 2.24) is 0 Å². The number of nitrogens with one attached hydrogen (secondary N) is 1. The topological polar surface area (TPSA) is 76.7 Å². The van der Waals surface area contributed by atoms with E-state index >= 15 is 0 Å². The van der Waals surface area contributed by atoms with Gasteiger partial charge in [-0.05, 0) is 25.0 Å². The van der Waals surface area contributed by atoms with Crippen LogP contribution in [-0.4, -0.2) is 10.7 Å². The van der Waals surface area contributed by atoms with Gasteiger partial charge in [-0.3, -0.25) is 4.79 Å². The van der Waals surface area contributed by atoms with E-state index in [1.165, 1.54) is 11.8 Å². The minimum atomic E-state index is -0.695. The van der Waals surface area contributed by atoms with Crippen molar-refractivity contribution in [2.45, 2.75) is 35.3 Å². The van der Waals surface area contributed by atoms with Crippen LogP contribution in [0.3, 0.4) is 0 Å². The number of rotatable bonds is 4. The lowest BCUT2D eigenvalue weighted by Gasteiger charge is -2.35. The molecule has 2 rings (SSSR count). The second-order valence-electron chi connectivity index (χ2n) is 4.36. The first-order chi connectivity index (χ1) is 9.22. The molecule has 1 aromatic carbocycles. The zero-order chi connectivity index (χ0) is 13.7. The summed E-state index contributed by atoms with van der Waals surface area (Å²) in [6.45, 7) is 0. The molecule has 4 nitrogen and oxygen atoms in total. The third-order valence-electron chi connectivity index (χ3n) is 3.14. The third-order valence-corrected chi connectivity index (χ3v) is 4.70. The molecule has 1 aliphatic rings. The molecular formula is C14H13N3OS. The average Bonchev–Trinajstić information content (AvgIpc) is 2.43. The summed E-state index contributed by atoms with van der Waals surface area (Å²) >= 11 is 1.48. The molecule has 0 fully saturated rings. The second-order valence-corrected chi connectivity index (χ2v) is 5.79. The quantitative estimate of drug-likeness (QED) is 0.913. The Hall–Kier alpha value is -1.98. The van der Waals surface area contributed by atoms with Crippen LogP contribution in [0.1, 0.15) is 25.7 Å². The Morgan fingerprint density at radius 2 is 1.79 bits per heavy atom. The first-order valence-corrected chi connectivity index (χ1v) is 6.87. The first-order valence-electron chi connectivity index (χ1n) is 6.05. The van der Waals surface area contributed by atoms with Gasteiger partial charge in [-0.1, -0.05) is 12.1 Å². The Kier molecular flexibility index (Phi) is 4.09. The summed E-state index contributed by atoms with van der Waals surface area (Å²) < 4.78 is -0.695. The van der Waals surface area contributed by atoms with Crippen LogP contribution in [0.15, 0.2) is 29.2 Å². The lowest BCUT2D eigenvalue weighted by molar-refractivity contribution is -0.118. The van der Waals surface area contributed by atoms with Gasteiger partial charge in [-0.2, -0.15) is 10.5 Å². The van der Waals surface area contributed by atoms with E-state index in [1.54, 1.807) is 0 Å². The number of carbonyl (C=O) groups is 1. The van der Waals surface area contributed by atoms with E-state index in [-0.39, 0.29) is 5.91 Å². The summed E-state index contributed by atoms with van der Waals surface area (Å²) in [4.78, 5) is 13.3. The maximum Gasteiger partial charge on any atom is 0.241 e. The highest BCUT2D eigenvalue weighted by Crippen LogP contribution is 2.47. The Morgan fingerprint density at radius 1 is 1.16 bits per heavy atom. The van der Waals surface area contributed by atoms with Crippen LogP contribution >= 0.6 is 11.8 Å². The molecule has 1 aromatic rings. The predicted molar refractivity (Wildman–Crippen MR) is 73.4 cm³/mol. The largest absolute Gasteiger partial charge is 0.324 e. The fourth-order valence-corrected chi connectivity index (χ4v) is 3.47. The fraction of sp³-hybridized carbons (Fsp3) is 0.357. The molecule has 19 heavy (non-hydrogen) atoms. The van der Waals surface area contributed by atoms with E-state index in [0.717, 1.165) is 10.6 Å². The molecule has 5 heteroatoms. The predicted octanol–water partition coefficient (Wildman–Crippen LogP) is 3.08. The lowest BCUT2D eigenvalue weighted by atomic mass is 9.95. The number of anilines is 1. The van der Waals surface area contributed by atoms with Gasteiger partial charge in [-0.25, -0.2) is 0 Å². The number of fused-ring (bicyclic) bond motifs is 1. The SMILES string of the molecule is N#CCCC1(CCC#N)Sc2ccccc2NC1=O. The van der Waals surface area contributed by atoms with Crippen molar-refractivity contribution in [2.24, 2.45) is 0 Å². The van der Waals surface area contributed by atoms with Crippen molar-refractivity contribution in [2.75, 3.05) is 5.32 Å². The second kappa shape index (κ2) is 5.77. The van der Waals surface area contributed by atoms with Crippen LogP contribution < -0.4 is 5.32 Å². The number of hydrogen-bond donors (Lipinski definition) is 1. The summed E-state index contributed by atoms with van der Waals surface area (Å²) in [5.74, 6) is -0.0956. The molecule has 1 aliphatic heterocycles. The van der Waals surface area contributed by atoms with E-state index in [9.17, 15) is 4.79 Å². The minimum Gasteiger partial charge on any atom is -0.324 e. The lowest BCUT2D eigenvalue weighted by Crippen LogP contribution is -2.42. The van der Waals surface area contributed by atoms with Crippen LogP contribution in [0.25, 0.3) is 0 Å². The number of nitrogens with zero attached hydrogens (tertiary/aromatic N) is 2. The molecule has 1 N–H and O–H groups in total. The highest BCUT2D eigenvalue weighted by molar-refractivity contribution is 8.01. The van der Waals surface area contributed by atoms with Crippen LogP contribution in [0.2, 0.25) is 0 Å². The first kappa shape index (κ1) is 13.5. The van der Waals surface area contributed by atoms with Gasteiger partial charge < -0.3 is 5.32 Å². The highest BCUT2D eigenvalue weighted by Gasteiger charge is 2.42. The summed E-state index contributed by atoms with van der Waals surface area (Å²) in [5, 5.41) is 20.4. The molecular weight excluding hydrogens is 258 g/mol. The van der Waals surface area contributed by atoms with Crippen molar-refractivity contribution in [3.05, 3.63) is 24.3 Å². The Labute approximate surface area is 116 Å². The summed E-state index contributed by atoms with van der Waals surface area (Å²) in [7, 11) is 0. The van der Waals surface area contributed by atoms with E-state index in [0.29, 0.717) is 25.7 Å². The molecule has 1 heterocycles. The minimum absolute atomic E-state index is 0.0956. The molecule has 1 amide bonds. The third kappa shape index (κ3) is 2.72. The van der Waals surface area contributed by atoms with Gasteiger partial charge in [0.1, 0.15) is 4.75 Å². The number of para-hydroxylation sites is 1. The molecule has 0 bridgehead atoms. The highest BCUT2D eigenvalue weighted by atomic mass is 32.2. The average molecular weight is 271 g/mol.